The average molecular weight is 415 g/mol. The normalized spacial score (nSPS) is 11.9. The van der Waals surface area contributed by atoms with E-state index in [4.69, 9.17) is 9.47 Å². The predicted octanol–water partition coefficient (Wildman–Crippen LogP) is 3.51. The van der Waals surface area contributed by atoms with E-state index in [2.05, 4.69) is 21.8 Å². The fourth-order valence-electron chi connectivity index (χ4n) is 2.96. The summed E-state index contributed by atoms with van der Waals surface area (Å²) in [5, 5.41) is 11.6. The zero-order valence-corrected chi connectivity index (χ0v) is 17.5. The van der Waals surface area contributed by atoms with E-state index in [1.807, 2.05) is 53.1 Å². The molecule has 0 bridgehead atoms. The van der Waals surface area contributed by atoms with Crippen molar-refractivity contribution in [1.82, 2.24) is 19.9 Å². The van der Waals surface area contributed by atoms with Gasteiger partial charge < -0.3 is 14.8 Å². The quantitative estimate of drug-likeness (QED) is 0.484. The first-order chi connectivity index (χ1) is 14.2. The lowest BCUT2D eigenvalue weighted by Crippen LogP contribution is -2.30. The van der Waals surface area contributed by atoms with Gasteiger partial charge in [0, 0.05) is 12.6 Å². The standard InChI is InChI=1S/C21H26N4O3S/c1-27-16-8-10-17(11-9-16)28-14-5-7-20(26)22-18(12-15-29-2)21-24-23-19-6-3-4-13-25(19)21/h3-4,6,8-11,13,18H,5,7,12,14-15H2,1-2H3,(H,22,26). The number of pyridine rings is 1. The Morgan fingerprint density at radius 2 is 1.97 bits per heavy atom. The number of ether oxygens (including phenoxy) is 2. The lowest BCUT2D eigenvalue weighted by atomic mass is 10.2. The summed E-state index contributed by atoms with van der Waals surface area (Å²) >= 11 is 1.74. The SMILES string of the molecule is COc1ccc(OCCCC(=O)NC(CCSC)c2nnc3ccccn23)cc1. The van der Waals surface area contributed by atoms with Gasteiger partial charge in [-0.3, -0.25) is 9.20 Å². The van der Waals surface area contributed by atoms with Gasteiger partial charge in [-0.25, -0.2) is 0 Å². The number of aromatic nitrogens is 3. The number of benzene rings is 1. The minimum absolute atomic E-state index is 0.0119. The van der Waals surface area contributed by atoms with Crippen molar-refractivity contribution in [3.63, 3.8) is 0 Å². The van der Waals surface area contributed by atoms with E-state index in [1.54, 1.807) is 18.9 Å². The van der Waals surface area contributed by atoms with E-state index >= 15 is 0 Å². The number of amides is 1. The minimum Gasteiger partial charge on any atom is -0.497 e. The van der Waals surface area contributed by atoms with Crippen molar-refractivity contribution in [3.8, 4) is 11.5 Å². The van der Waals surface area contributed by atoms with Crippen LogP contribution in [0, 0.1) is 0 Å². The van der Waals surface area contributed by atoms with E-state index in [9.17, 15) is 4.79 Å². The Labute approximate surface area is 174 Å². The van der Waals surface area contributed by atoms with Crippen LogP contribution < -0.4 is 14.8 Å². The van der Waals surface area contributed by atoms with Gasteiger partial charge in [-0.2, -0.15) is 11.8 Å². The van der Waals surface area contributed by atoms with Crippen LogP contribution in [-0.4, -0.2) is 46.2 Å². The number of fused-ring (bicyclic) bond motifs is 1. The Bertz CT molecular complexity index is 914. The lowest BCUT2D eigenvalue weighted by molar-refractivity contribution is -0.122. The molecule has 1 unspecified atom stereocenters. The number of thioether (sulfide) groups is 1. The second-order valence-corrected chi connectivity index (χ2v) is 7.50. The topological polar surface area (TPSA) is 77.8 Å². The molecule has 0 saturated carbocycles. The monoisotopic (exact) mass is 414 g/mol. The summed E-state index contributed by atoms with van der Waals surface area (Å²) in [7, 11) is 1.63. The Kier molecular flexibility index (Phi) is 7.75. The van der Waals surface area contributed by atoms with Crippen molar-refractivity contribution in [2.24, 2.45) is 0 Å². The average Bonchev–Trinajstić information content (AvgIpc) is 3.19. The van der Waals surface area contributed by atoms with Crippen molar-refractivity contribution in [3.05, 3.63) is 54.5 Å². The highest BCUT2D eigenvalue weighted by Gasteiger charge is 2.19. The molecule has 154 valence electrons. The van der Waals surface area contributed by atoms with Crippen molar-refractivity contribution in [1.29, 1.82) is 0 Å². The Morgan fingerprint density at radius 3 is 2.72 bits per heavy atom. The van der Waals surface area contributed by atoms with E-state index in [0.29, 0.717) is 19.4 Å². The lowest BCUT2D eigenvalue weighted by Gasteiger charge is -2.17. The molecule has 1 N–H and O–H groups in total. The second kappa shape index (κ2) is 10.7. The maximum Gasteiger partial charge on any atom is 0.220 e. The van der Waals surface area contributed by atoms with Gasteiger partial charge in [0.2, 0.25) is 5.91 Å². The summed E-state index contributed by atoms with van der Waals surface area (Å²) in [5.74, 6) is 3.22. The first-order valence-electron chi connectivity index (χ1n) is 9.56. The number of rotatable bonds is 11. The summed E-state index contributed by atoms with van der Waals surface area (Å²) < 4.78 is 12.7. The zero-order valence-electron chi connectivity index (χ0n) is 16.7. The van der Waals surface area contributed by atoms with Gasteiger partial charge in [0.05, 0.1) is 19.8 Å². The Hall–Kier alpha value is -2.74. The highest BCUT2D eigenvalue weighted by Crippen LogP contribution is 2.19. The molecule has 8 heteroatoms. The molecule has 0 saturated heterocycles. The molecule has 0 fully saturated rings. The molecule has 0 radical (unpaired) electrons. The maximum atomic E-state index is 12.5. The summed E-state index contributed by atoms with van der Waals surface area (Å²) in [6, 6.07) is 13.0. The number of hydrogen-bond acceptors (Lipinski definition) is 6. The zero-order chi connectivity index (χ0) is 20.5. The number of carbonyl (C=O) groups excluding carboxylic acids is 1. The first kappa shape index (κ1) is 21.0. The minimum atomic E-state index is -0.171. The van der Waals surface area contributed by atoms with Crippen LogP contribution in [-0.2, 0) is 4.79 Å². The van der Waals surface area contributed by atoms with Crippen molar-refractivity contribution in [2.45, 2.75) is 25.3 Å². The maximum absolute atomic E-state index is 12.5. The fraction of sp³-hybridized carbons (Fsp3) is 0.381. The molecule has 1 atom stereocenters. The summed E-state index contributed by atoms with van der Waals surface area (Å²) in [5.41, 5.74) is 0.777. The van der Waals surface area contributed by atoms with Gasteiger partial charge in [0.25, 0.3) is 0 Å². The van der Waals surface area contributed by atoms with Crippen LogP contribution in [0.25, 0.3) is 5.65 Å². The highest BCUT2D eigenvalue weighted by molar-refractivity contribution is 7.98. The molecule has 3 aromatic rings. The summed E-state index contributed by atoms with van der Waals surface area (Å²) in [4.78, 5) is 12.5. The Balaban J connectivity index is 1.51. The molecule has 2 heterocycles. The molecular weight excluding hydrogens is 388 g/mol. The van der Waals surface area contributed by atoms with E-state index < -0.39 is 0 Å². The fourth-order valence-corrected chi connectivity index (χ4v) is 3.43. The van der Waals surface area contributed by atoms with Gasteiger partial charge in [-0.05, 0) is 61.2 Å². The molecule has 1 amide bonds. The number of nitrogens with zero attached hydrogens (tertiary/aromatic N) is 3. The summed E-state index contributed by atoms with van der Waals surface area (Å²) in [6.45, 7) is 0.475. The van der Waals surface area contributed by atoms with Crippen LogP contribution in [0.15, 0.2) is 48.7 Å². The van der Waals surface area contributed by atoms with Crippen molar-refractivity contribution >= 4 is 23.3 Å². The molecule has 0 aliphatic carbocycles. The molecule has 0 aliphatic heterocycles. The van der Waals surface area contributed by atoms with E-state index in [1.165, 1.54) is 0 Å². The van der Waals surface area contributed by atoms with Gasteiger partial charge in [-0.15, -0.1) is 10.2 Å². The molecule has 2 aromatic heterocycles. The Morgan fingerprint density at radius 1 is 1.17 bits per heavy atom. The number of nitrogens with one attached hydrogen (secondary N) is 1. The molecule has 29 heavy (non-hydrogen) atoms. The van der Waals surface area contributed by atoms with Crippen LogP contribution in [0.5, 0.6) is 11.5 Å². The van der Waals surface area contributed by atoms with Crippen LogP contribution in [0.4, 0.5) is 0 Å². The van der Waals surface area contributed by atoms with Gasteiger partial charge >= 0.3 is 0 Å². The largest absolute Gasteiger partial charge is 0.497 e. The molecule has 0 aliphatic rings. The van der Waals surface area contributed by atoms with Crippen molar-refractivity contribution in [2.75, 3.05) is 25.7 Å². The third kappa shape index (κ3) is 5.87. The van der Waals surface area contributed by atoms with Crippen LogP contribution in [0.2, 0.25) is 0 Å². The van der Waals surface area contributed by atoms with E-state index in [0.717, 1.165) is 35.1 Å². The van der Waals surface area contributed by atoms with Gasteiger partial charge in [0.15, 0.2) is 11.5 Å². The molecule has 7 nitrogen and oxygen atoms in total. The van der Waals surface area contributed by atoms with Crippen LogP contribution in [0.1, 0.15) is 31.1 Å². The highest BCUT2D eigenvalue weighted by atomic mass is 32.2. The van der Waals surface area contributed by atoms with Crippen molar-refractivity contribution < 1.29 is 14.3 Å². The molecular formula is C21H26N4O3S. The van der Waals surface area contributed by atoms with E-state index in [-0.39, 0.29) is 11.9 Å². The third-order valence-corrected chi connectivity index (χ3v) is 5.12. The third-order valence-electron chi connectivity index (χ3n) is 4.47. The number of carbonyl (C=O) groups is 1. The smallest absolute Gasteiger partial charge is 0.220 e. The number of methoxy groups -OCH3 is 1. The molecule has 3 rings (SSSR count). The van der Waals surface area contributed by atoms with Gasteiger partial charge in [0.1, 0.15) is 11.5 Å². The first-order valence-corrected chi connectivity index (χ1v) is 11.0. The molecule has 1 aromatic carbocycles. The summed E-state index contributed by atoms with van der Waals surface area (Å²) in [6.07, 6.45) is 5.80. The predicted molar refractivity (Wildman–Crippen MR) is 115 cm³/mol. The molecule has 0 spiro atoms. The second-order valence-electron chi connectivity index (χ2n) is 6.52. The number of hydrogen-bond donors (Lipinski definition) is 1. The van der Waals surface area contributed by atoms with Crippen LogP contribution >= 0.6 is 11.8 Å². The van der Waals surface area contributed by atoms with Crippen LogP contribution in [0.3, 0.4) is 0 Å². The van der Waals surface area contributed by atoms with Gasteiger partial charge in [-0.1, -0.05) is 6.07 Å².